The lowest BCUT2D eigenvalue weighted by molar-refractivity contribution is -0.144. The summed E-state index contributed by atoms with van der Waals surface area (Å²) in [6, 6.07) is 2.35. The molecule has 0 saturated heterocycles. The minimum Gasteiger partial charge on any atom is -0.426 e. The fourth-order valence-corrected chi connectivity index (χ4v) is 7.49. The van der Waals surface area contributed by atoms with Gasteiger partial charge in [-0.2, -0.15) is 0 Å². The molecule has 1 aromatic carbocycles. The number of esters is 1. The number of halogens is 2. The van der Waals surface area contributed by atoms with Crippen LogP contribution in [0.2, 0.25) is 0 Å². The minimum absolute atomic E-state index is 0.00573. The monoisotopic (exact) mass is 498 g/mol. The molecule has 3 saturated carbocycles. The maximum Gasteiger partial charge on any atom is 0.314 e. The predicted molar refractivity (Wildman–Crippen MR) is 142 cm³/mol. The highest BCUT2D eigenvalue weighted by Crippen LogP contribution is 2.50. The summed E-state index contributed by atoms with van der Waals surface area (Å²) in [5, 5.41) is 0. The molecule has 4 rings (SSSR count). The van der Waals surface area contributed by atoms with Crippen molar-refractivity contribution < 1.29 is 18.3 Å². The van der Waals surface area contributed by atoms with Crippen molar-refractivity contribution in [3.63, 3.8) is 0 Å². The van der Waals surface area contributed by atoms with E-state index in [2.05, 4.69) is 6.58 Å². The van der Waals surface area contributed by atoms with Crippen molar-refractivity contribution in [3.05, 3.63) is 54.1 Å². The first-order valence-corrected chi connectivity index (χ1v) is 14.4. The second-order valence-corrected chi connectivity index (χ2v) is 11.6. The number of hydrogen-bond donors (Lipinski definition) is 0. The van der Waals surface area contributed by atoms with E-state index in [1.54, 1.807) is 0 Å². The zero-order valence-corrected chi connectivity index (χ0v) is 22.0. The van der Waals surface area contributed by atoms with Crippen LogP contribution in [0, 0.1) is 47.1 Å². The highest BCUT2D eigenvalue weighted by Gasteiger charge is 2.43. The number of benzene rings is 1. The second kappa shape index (κ2) is 13.0. The van der Waals surface area contributed by atoms with Crippen LogP contribution >= 0.6 is 0 Å². The van der Waals surface area contributed by atoms with E-state index in [4.69, 9.17) is 4.74 Å². The number of hydrogen-bond acceptors (Lipinski definition) is 2. The molecule has 0 amide bonds. The number of carbonyl (C=O) groups is 1. The third-order valence-corrected chi connectivity index (χ3v) is 9.46. The van der Waals surface area contributed by atoms with Gasteiger partial charge in [-0.15, -0.1) is 6.58 Å². The van der Waals surface area contributed by atoms with Crippen LogP contribution in [0.25, 0.3) is 0 Å². The molecule has 4 unspecified atom stereocenters. The van der Waals surface area contributed by atoms with Gasteiger partial charge in [-0.3, -0.25) is 4.79 Å². The van der Waals surface area contributed by atoms with Gasteiger partial charge in [0.25, 0.3) is 0 Å². The Hall–Kier alpha value is -1.97. The molecule has 0 radical (unpaired) electrons. The molecule has 2 nitrogen and oxygen atoms in total. The van der Waals surface area contributed by atoms with Crippen molar-refractivity contribution in [2.24, 2.45) is 35.5 Å². The maximum atomic E-state index is 14.5. The number of carbonyl (C=O) groups excluding carboxylic acids is 1. The van der Waals surface area contributed by atoms with E-state index in [1.165, 1.54) is 63.5 Å². The number of fused-ring (bicyclic) bond motifs is 1. The van der Waals surface area contributed by atoms with Gasteiger partial charge in [-0.05, 0) is 101 Å². The summed E-state index contributed by atoms with van der Waals surface area (Å²) < 4.78 is 34.7. The van der Waals surface area contributed by atoms with Gasteiger partial charge in [0.05, 0.1) is 5.92 Å². The SMILES string of the molecule is C=CCCC1CCC(C2CCC3C(CCCC3C(=O)Oc3cc(F)c(CC/C=C/C)c(F)c3)C2)CC1. The molecule has 198 valence electrons. The van der Waals surface area contributed by atoms with Crippen LogP contribution in [0.1, 0.15) is 96.0 Å². The lowest BCUT2D eigenvalue weighted by Crippen LogP contribution is -2.40. The highest BCUT2D eigenvalue weighted by atomic mass is 19.1. The average molecular weight is 499 g/mol. The molecule has 4 heteroatoms. The summed E-state index contributed by atoms with van der Waals surface area (Å²) >= 11 is 0. The Morgan fingerprint density at radius 1 is 0.972 bits per heavy atom. The average Bonchev–Trinajstić information content (AvgIpc) is 2.88. The first kappa shape index (κ1) is 27.1. The van der Waals surface area contributed by atoms with E-state index in [1.807, 2.05) is 25.2 Å². The van der Waals surface area contributed by atoms with E-state index in [0.29, 0.717) is 24.7 Å². The van der Waals surface area contributed by atoms with Gasteiger partial charge in [-0.25, -0.2) is 8.78 Å². The topological polar surface area (TPSA) is 26.3 Å². The third-order valence-electron chi connectivity index (χ3n) is 9.46. The highest BCUT2D eigenvalue weighted by molar-refractivity contribution is 5.75. The standard InChI is InChI=1S/C32H44F2O2/c1-3-5-7-11-29-30(33)20-26(21-31(29)34)36-32(35)28-12-8-10-25-19-24(17-18-27(25)28)23-15-13-22(14-16-23)9-6-4-2/h3-5,20-25,27-28H,2,6-19H2,1H3/b5-3+. The van der Waals surface area contributed by atoms with Gasteiger partial charge in [0.15, 0.2) is 0 Å². The summed E-state index contributed by atoms with van der Waals surface area (Å²) in [7, 11) is 0. The first-order valence-electron chi connectivity index (χ1n) is 14.4. The zero-order valence-electron chi connectivity index (χ0n) is 22.0. The first-order chi connectivity index (χ1) is 17.5. The van der Waals surface area contributed by atoms with Gasteiger partial charge < -0.3 is 4.74 Å². The molecule has 0 heterocycles. The Bertz CT molecular complexity index is 892. The predicted octanol–water partition coefficient (Wildman–Crippen LogP) is 8.98. The van der Waals surface area contributed by atoms with Crippen LogP contribution in [-0.2, 0) is 11.2 Å². The quantitative estimate of drug-likeness (QED) is 0.193. The van der Waals surface area contributed by atoms with Crippen molar-refractivity contribution in [1.82, 2.24) is 0 Å². The third kappa shape index (κ3) is 6.66. The summed E-state index contributed by atoms with van der Waals surface area (Å²) in [6.45, 7) is 5.75. The van der Waals surface area contributed by atoms with E-state index >= 15 is 0 Å². The smallest absolute Gasteiger partial charge is 0.314 e. The molecule has 0 aromatic heterocycles. The molecule has 3 fully saturated rings. The Labute approximate surface area is 216 Å². The second-order valence-electron chi connectivity index (χ2n) is 11.6. The lowest BCUT2D eigenvalue weighted by Gasteiger charge is -2.46. The van der Waals surface area contributed by atoms with Crippen molar-refractivity contribution in [2.75, 3.05) is 0 Å². The van der Waals surface area contributed by atoms with Crippen LogP contribution in [0.4, 0.5) is 8.78 Å². The van der Waals surface area contributed by atoms with Gasteiger partial charge >= 0.3 is 5.97 Å². The van der Waals surface area contributed by atoms with Gasteiger partial charge in [0, 0.05) is 17.7 Å². The molecular weight excluding hydrogens is 454 g/mol. The van der Waals surface area contributed by atoms with Crippen molar-refractivity contribution >= 4 is 5.97 Å². The van der Waals surface area contributed by atoms with E-state index < -0.39 is 11.6 Å². The maximum absolute atomic E-state index is 14.5. The fraction of sp³-hybridized carbons (Fsp3) is 0.656. The summed E-state index contributed by atoms with van der Waals surface area (Å²) in [4.78, 5) is 13.2. The molecule has 1 aromatic rings. The normalized spacial score (nSPS) is 30.6. The Morgan fingerprint density at radius 3 is 2.39 bits per heavy atom. The van der Waals surface area contributed by atoms with Gasteiger partial charge in [0.1, 0.15) is 17.4 Å². The minimum atomic E-state index is -0.636. The van der Waals surface area contributed by atoms with Gasteiger partial charge in [-0.1, -0.05) is 43.9 Å². The van der Waals surface area contributed by atoms with E-state index in [9.17, 15) is 13.6 Å². The molecule has 0 spiro atoms. The molecule has 3 aliphatic rings. The zero-order chi connectivity index (χ0) is 25.5. The van der Waals surface area contributed by atoms with E-state index in [-0.39, 0.29) is 23.2 Å². The lowest BCUT2D eigenvalue weighted by atomic mass is 9.59. The van der Waals surface area contributed by atoms with Crippen LogP contribution in [-0.4, -0.2) is 5.97 Å². The Balaban J connectivity index is 1.32. The molecule has 3 aliphatic carbocycles. The van der Waals surface area contributed by atoms with Crippen molar-refractivity contribution in [1.29, 1.82) is 0 Å². The number of allylic oxidation sites excluding steroid dienone is 3. The molecule has 4 atom stereocenters. The van der Waals surface area contributed by atoms with Crippen LogP contribution in [0.5, 0.6) is 5.75 Å². The molecule has 0 N–H and O–H groups in total. The molecule has 36 heavy (non-hydrogen) atoms. The van der Waals surface area contributed by atoms with Gasteiger partial charge in [0.2, 0.25) is 0 Å². The summed E-state index contributed by atoms with van der Waals surface area (Å²) in [6.07, 6.45) is 21.1. The number of rotatable bonds is 9. The Kier molecular flexibility index (Phi) is 9.79. The van der Waals surface area contributed by atoms with Crippen LogP contribution < -0.4 is 4.74 Å². The summed E-state index contributed by atoms with van der Waals surface area (Å²) in [5.41, 5.74) is 0.0543. The van der Waals surface area contributed by atoms with Crippen LogP contribution in [0.3, 0.4) is 0 Å². The Morgan fingerprint density at radius 2 is 1.69 bits per heavy atom. The van der Waals surface area contributed by atoms with E-state index in [0.717, 1.165) is 43.4 Å². The van der Waals surface area contributed by atoms with Crippen molar-refractivity contribution in [2.45, 2.75) is 96.8 Å². The summed E-state index contributed by atoms with van der Waals surface area (Å²) in [5.74, 6) is 1.71. The molecule has 0 bridgehead atoms. The van der Waals surface area contributed by atoms with Crippen LogP contribution in [0.15, 0.2) is 36.9 Å². The largest absolute Gasteiger partial charge is 0.426 e. The molecule has 0 aliphatic heterocycles. The molecular formula is C32H44F2O2. The van der Waals surface area contributed by atoms with Crippen molar-refractivity contribution in [3.8, 4) is 5.75 Å². The fourth-order valence-electron chi connectivity index (χ4n) is 7.49. The number of ether oxygens (including phenoxy) is 1.